The van der Waals surface area contributed by atoms with Crippen LogP contribution in [0.5, 0.6) is 5.75 Å². The average Bonchev–Trinajstić information content (AvgIpc) is 2.98. The molecule has 26 heavy (non-hydrogen) atoms. The zero-order valence-corrected chi connectivity index (χ0v) is 15.3. The standard InChI is InChI=1S/C19H14ClNO4S/c1-24-18-10-13-12-6-2-4-8-16(12)25-17(13)11-15(18)21-26(22,23)19-9-5-3-7-14(19)20/h2-11,21H,1H3. The minimum Gasteiger partial charge on any atom is -0.495 e. The maximum atomic E-state index is 12.7. The molecular formula is C19H14ClNO4S. The predicted octanol–water partition coefficient (Wildman–Crippen LogP) is 5.05. The van der Waals surface area contributed by atoms with Gasteiger partial charge >= 0.3 is 0 Å². The monoisotopic (exact) mass is 387 g/mol. The highest BCUT2D eigenvalue weighted by Crippen LogP contribution is 2.37. The number of anilines is 1. The van der Waals surface area contributed by atoms with Crippen LogP contribution in [0.25, 0.3) is 21.9 Å². The SMILES string of the molecule is COc1cc2c(cc1NS(=O)(=O)c1ccccc1Cl)oc1ccccc12. The minimum atomic E-state index is -3.88. The van der Waals surface area contributed by atoms with Gasteiger partial charge in [0.15, 0.2) is 0 Å². The molecule has 1 N–H and O–H groups in total. The molecule has 0 fully saturated rings. The van der Waals surface area contributed by atoms with Crippen LogP contribution in [0.3, 0.4) is 0 Å². The van der Waals surface area contributed by atoms with Gasteiger partial charge in [0.2, 0.25) is 0 Å². The van der Waals surface area contributed by atoms with Crippen molar-refractivity contribution < 1.29 is 17.6 Å². The molecule has 4 rings (SSSR count). The van der Waals surface area contributed by atoms with Crippen molar-refractivity contribution in [2.75, 3.05) is 11.8 Å². The maximum absolute atomic E-state index is 12.7. The normalized spacial score (nSPS) is 11.8. The largest absolute Gasteiger partial charge is 0.495 e. The molecule has 0 amide bonds. The van der Waals surface area contributed by atoms with Crippen LogP contribution in [-0.2, 0) is 10.0 Å². The van der Waals surface area contributed by atoms with Gasteiger partial charge in [-0.05, 0) is 24.3 Å². The fourth-order valence-electron chi connectivity index (χ4n) is 2.86. The van der Waals surface area contributed by atoms with Gasteiger partial charge in [0.05, 0.1) is 17.8 Å². The van der Waals surface area contributed by atoms with E-state index in [1.54, 1.807) is 24.3 Å². The van der Waals surface area contributed by atoms with Crippen molar-refractivity contribution in [1.29, 1.82) is 0 Å². The van der Waals surface area contributed by atoms with E-state index in [9.17, 15) is 8.42 Å². The number of methoxy groups -OCH3 is 1. The van der Waals surface area contributed by atoms with Crippen molar-refractivity contribution in [2.24, 2.45) is 0 Å². The molecule has 1 aromatic heterocycles. The van der Waals surface area contributed by atoms with Crippen LogP contribution in [0, 0.1) is 0 Å². The first-order valence-corrected chi connectivity index (χ1v) is 9.62. The van der Waals surface area contributed by atoms with E-state index in [0.717, 1.165) is 16.4 Å². The Kier molecular flexibility index (Phi) is 4.01. The van der Waals surface area contributed by atoms with Crippen LogP contribution in [-0.4, -0.2) is 15.5 Å². The molecule has 132 valence electrons. The quantitative estimate of drug-likeness (QED) is 0.532. The average molecular weight is 388 g/mol. The molecule has 0 saturated carbocycles. The van der Waals surface area contributed by atoms with Crippen molar-refractivity contribution in [3.63, 3.8) is 0 Å². The van der Waals surface area contributed by atoms with Crippen molar-refractivity contribution in [3.8, 4) is 5.75 Å². The number of fused-ring (bicyclic) bond motifs is 3. The molecule has 5 nitrogen and oxygen atoms in total. The van der Waals surface area contributed by atoms with Gasteiger partial charge in [-0.2, -0.15) is 0 Å². The van der Waals surface area contributed by atoms with Gasteiger partial charge in [-0.25, -0.2) is 8.42 Å². The number of rotatable bonds is 4. The van der Waals surface area contributed by atoms with Crippen molar-refractivity contribution >= 4 is 49.3 Å². The number of benzene rings is 3. The molecule has 0 aliphatic rings. The minimum absolute atomic E-state index is 0.00609. The van der Waals surface area contributed by atoms with Crippen molar-refractivity contribution in [3.05, 3.63) is 65.7 Å². The second kappa shape index (κ2) is 6.23. The molecule has 1 heterocycles. The van der Waals surface area contributed by atoms with Crippen LogP contribution in [0.4, 0.5) is 5.69 Å². The Morgan fingerprint density at radius 2 is 1.69 bits per heavy atom. The fraction of sp³-hybridized carbons (Fsp3) is 0.0526. The van der Waals surface area contributed by atoms with Crippen LogP contribution < -0.4 is 9.46 Å². The highest BCUT2D eigenvalue weighted by molar-refractivity contribution is 7.92. The summed E-state index contributed by atoms with van der Waals surface area (Å²) in [6, 6.07) is 17.2. The third-order valence-electron chi connectivity index (χ3n) is 4.07. The van der Waals surface area contributed by atoms with Crippen molar-refractivity contribution in [2.45, 2.75) is 4.90 Å². The van der Waals surface area contributed by atoms with Gasteiger partial charge in [-0.1, -0.05) is 41.9 Å². The lowest BCUT2D eigenvalue weighted by atomic mass is 10.1. The Bertz CT molecular complexity index is 1230. The third kappa shape index (κ3) is 2.77. The number of halogens is 1. The summed E-state index contributed by atoms with van der Waals surface area (Å²) in [5.41, 5.74) is 1.55. The molecule has 0 radical (unpaired) electrons. The van der Waals surface area contributed by atoms with Crippen LogP contribution in [0.15, 0.2) is 70.0 Å². The van der Waals surface area contributed by atoms with Gasteiger partial charge in [0, 0.05) is 16.8 Å². The highest BCUT2D eigenvalue weighted by Gasteiger charge is 2.21. The first kappa shape index (κ1) is 16.8. The Labute approximate surface area is 155 Å². The van der Waals surface area contributed by atoms with E-state index in [0.29, 0.717) is 11.3 Å². The van der Waals surface area contributed by atoms with Gasteiger partial charge in [0.1, 0.15) is 21.8 Å². The van der Waals surface area contributed by atoms with Crippen molar-refractivity contribution in [1.82, 2.24) is 0 Å². The van der Waals surface area contributed by atoms with E-state index >= 15 is 0 Å². The summed E-state index contributed by atoms with van der Waals surface area (Å²) in [5.74, 6) is 0.389. The van der Waals surface area contributed by atoms with E-state index in [-0.39, 0.29) is 15.6 Å². The first-order valence-electron chi connectivity index (χ1n) is 7.76. The highest BCUT2D eigenvalue weighted by atomic mass is 35.5. The number of nitrogens with one attached hydrogen (secondary N) is 1. The number of para-hydroxylation sites is 1. The third-order valence-corrected chi connectivity index (χ3v) is 5.93. The van der Waals surface area contributed by atoms with Crippen LogP contribution in [0.1, 0.15) is 0 Å². The Morgan fingerprint density at radius 1 is 0.962 bits per heavy atom. The van der Waals surface area contributed by atoms with Gasteiger partial charge in [-0.15, -0.1) is 0 Å². The van der Waals surface area contributed by atoms with Crippen LogP contribution in [0.2, 0.25) is 5.02 Å². The topological polar surface area (TPSA) is 68.5 Å². The lowest BCUT2D eigenvalue weighted by Gasteiger charge is -2.12. The van der Waals surface area contributed by atoms with Gasteiger partial charge < -0.3 is 9.15 Å². The number of furan rings is 1. The van der Waals surface area contributed by atoms with E-state index in [1.807, 2.05) is 24.3 Å². The lowest BCUT2D eigenvalue weighted by molar-refractivity contribution is 0.417. The summed E-state index contributed by atoms with van der Waals surface area (Å²) in [6.45, 7) is 0. The number of sulfonamides is 1. The maximum Gasteiger partial charge on any atom is 0.263 e. The summed E-state index contributed by atoms with van der Waals surface area (Å²) >= 11 is 6.03. The Balaban J connectivity index is 1.86. The van der Waals surface area contributed by atoms with Crippen LogP contribution >= 0.6 is 11.6 Å². The lowest BCUT2D eigenvalue weighted by Crippen LogP contribution is -2.14. The molecule has 7 heteroatoms. The second-order valence-corrected chi connectivity index (χ2v) is 7.74. The summed E-state index contributed by atoms with van der Waals surface area (Å²) in [5, 5.41) is 1.92. The van der Waals surface area contributed by atoms with E-state index in [1.165, 1.54) is 19.2 Å². The molecule has 0 unspecified atom stereocenters. The number of hydrogen-bond acceptors (Lipinski definition) is 4. The molecule has 0 spiro atoms. The molecule has 0 aliphatic carbocycles. The zero-order valence-electron chi connectivity index (χ0n) is 13.7. The Hall–Kier alpha value is -2.70. The summed E-state index contributed by atoms with van der Waals surface area (Å²) in [6.07, 6.45) is 0. The smallest absolute Gasteiger partial charge is 0.263 e. The molecule has 3 aromatic carbocycles. The molecule has 0 atom stereocenters. The molecule has 4 aromatic rings. The first-order chi connectivity index (χ1) is 12.5. The van der Waals surface area contributed by atoms with E-state index in [4.69, 9.17) is 20.8 Å². The molecule has 0 saturated heterocycles. The number of hydrogen-bond donors (Lipinski definition) is 1. The zero-order chi connectivity index (χ0) is 18.3. The second-order valence-electron chi connectivity index (χ2n) is 5.68. The summed E-state index contributed by atoms with van der Waals surface area (Å²) < 4.78 is 39.2. The van der Waals surface area contributed by atoms with E-state index < -0.39 is 10.0 Å². The predicted molar refractivity (Wildman–Crippen MR) is 103 cm³/mol. The molecule has 0 aliphatic heterocycles. The summed E-state index contributed by atoms with van der Waals surface area (Å²) in [7, 11) is -2.40. The number of ether oxygens (including phenoxy) is 1. The Morgan fingerprint density at radius 3 is 2.46 bits per heavy atom. The van der Waals surface area contributed by atoms with E-state index in [2.05, 4.69) is 4.72 Å². The summed E-state index contributed by atoms with van der Waals surface area (Å²) in [4.78, 5) is -0.00609. The van der Waals surface area contributed by atoms with Gasteiger partial charge in [-0.3, -0.25) is 4.72 Å². The molecular weight excluding hydrogens is 374 g/mol. The fourth-order valence-corrected chi connectivity index (χ4v) is 4.44. The molecule has 0 bridgehead atoms. The van der Waals surface area contributed by atoms with Gasteiger partial charge in [0.25, 0.3) is 10.0 Å².